The Bertz CT molecular complexity index is 1250. The van der Waals surface area contributed by atoms with E-state index < -0.39 is 11.9 Å². The fraction of sp³-hybridized carbons (Fsp3) is 0.304. The van der Waals surface area contributed by atoms with Crippen LogP contribution in [0.2, 0.25) is 0 Å². The SMILES string of the molecule is Cc1nc2cc3c(cc2[nH]1)CC[C@H](NC(=O)C1=NN(Cc2ccccc2)NN1C)C(=O)N3C. The number of hydrazine groups is 2. The van der Waals surface area contributed by atoms with Crippen LogP contribution in [0.5, 0.6) is 0 Å². The number of imidazole rings is 1. The lowest BCUT2D eigenvalue weighted by molar-refractivity contribution is -0.124. The maximum atomic E-state index is 13.2. The van der Waals surface area contributed by atoms with Crippen LogP contribution in [0.4, 0.5) is 5.69 Å². The van der Waals surface area contributed by atoms with Crippen molar-refractivity contribution >= 4 is 34.4 Å². The fourth-order valence-corrected chi connectivity index (χ4v) is 4.31. The molecular formula is C23H26N8O2. The standard InChI is InChI=1S/C23H26N8O2/c1-14-24-18-11-16-9-10-17(23(33)29(2)20(16)12-19(18)25-14)26-22(32)21-27-31(28-30(21)3)13-15-7-5-4-6-8-15/h4-8,11-12,17,28H,9-10,13H2,1-3H3,(H,24,25)(H,26,32)/t17-/m0/s1. The van der Waals surface area contributed by atoms with E-state index in [2.05, 4.69) is 25.9 Å². The Morgan fingerprint density at radius 1 is 1.21 bits per heavy atom. The number of carbonyl (C=O) groups excluding carboxylic acids is 2. The number of aromatic nitrogens is 2. The van der Waals surface area contributed by atoms with Gasteiger partial charge in [0.1, 0.15) is 11.9 Å². The third kappa shape index (κ3) is 4.00. The molecule has 10 nitrogen and oxygen atoms in total. The number of hydrogen-bond donors (Lipinski definition) is 3. The van der Waals surface area contributed by atoms with Crippen LogP contribution in [0.25, 0.3) is 11.0 Å². The maximum absolute atomic E-state index is 13.2. The molecule has 0 fully saturated rings. The number of likely N-dealkylation sites (N-methyl/N-ethyl adjacent to an activating group) is 2. The zero-order chi connectivity index (χ0) is 23.1. The molecule has 3 aromatic rings. The van der Waals surface area contributed by atoms with Crippen LogP contribution in [-0.4, -0.2) is 57.9 Å². The van der Waals surface area contributed by atoms with Gasteiger partial charge >= 0.3 is 0 Å². The molecule has 0 bridgehead atoms. The molecule has 2 aromatic carbocycles. The normalized spacial score (nSPS) is 18.4. The number of aromatic amines is 1. The van der Waals surface area contributed by atoms with E-state index in [4.69, 9.17) is 0 Å². The van der Waals surface area contributed by atoms with E-state index in [1.807, 2.05) is 49.4 Å². The predicted octanol–water partition coefficient (Wildman–Crippen LogP) is 1.45. The molecule has 5 rings (SSSR count). The molecule has 0 radical (unpaired) electrons. The molecule has 3 N–H and O–H groups in total. The average molecular weight is 447 g/mol. The summed E-state index contributed by atoms with van der Waals surface area (Å²) < 4.78 is 0. The average Bonchev–Trinajstić information content (AvgIpc) is 3.32. The largest absolute Gasteiger partial charge is 0.342 e. The van der Waals surface area contributed by atoms with E-state index in [1.165, 1.54) is 0 Å². The lowest BCUT2D eigenvalue weighted by Gasteiger charge is -2.22. The first-order chi connectivity index (χ1) is 15.9. The number of H-pyrrole nitrogens is 1. The second-order valence-electron chi connectivity index (χ2n) is 8.41. The summed E-state index contributed by atoms with van der Waals surface area (Å²) in [4.78, 5) is 35.5. The number of amidine groups is 1. The first kappa shape index (κ1) is 21.0. The highest BCUT2D eigenvalue weighted by atomic mass is 16.2. The number of hydrogen-bond acceptors (Lipinski definition) is 7. The van der Waals surface area contributed by atoms with Crippen molar-refractivity contribution in [3.63, 3.8) is 0 Å². The van der Waals surface area contributed by atoms with Gasteiger partial charge in [-0.2, -0.15) is 0 Å². The van der Waals surface area contributed by atoms with Crippen molar-refractivity contribution < 1.29 is 9.59 Å². The molecule has 0 unspecified atom stereocenters. The van der Waals surface area contributed by atoms with Gasteiger partial charge in [0.15, 0.2) is 0 Å². The highest BCUT2D eigenvalue weighted by Crippen LogP contribution is 2.30. The summed E-state index contributed by atoms with van der Waals surface area (Å²) in [6.45, 7) is 2.41. The van der Waals surface area contributed by atoms with Crippen molar-refractivity contribution in [2.75, 3.05) is 19.0 Å². The summed E-state index contributed by atoms with van der Waals surface area (Å²) in [5.74, 6) is 0.475. The molecule has 10 heteroatoms. The van der Waals surface area contributed by atoms with Crippen LogP contribution >= 0.6 is 0 Å². The first-order valence-electron chi connectivity index (χ1n) is 10.9. The summed E-state index contributed by atoms with van der Waals surface area (Å²) in [5.41, 5.74) is 7.72. The highest BCUT2D eigenvalue weighted by Gasteiger charge is 2.33. The van der Waals surface area contributed by atoms with Gasteiger partial charge in [-0.25, -0.2) is 10.1 Å². The molecule has 3 heterocycles. The van der Waals surface area contributed by atoms with Gasteiger partial charge in [0.05, 0.1) is 17.6 Å². The lowest BCUT2D eigenvalue weighted by atomic mass is 10.0. The van der Waals surface area contributed by atoms with Crippen LogP contribution in [0.15, 0.2) is 47.6 Å². The summed E-state index contributed by atoms with van der Waals surface area (Å²) >= 11 is 0. The van der Waals surface area contributed by atoms with Crippen molar-refractivity contribution in [1.29, 1.82) is 0 Å². The molecule has 0 aliphatic carbocycles. The molecule has 0 saturated heterocycles. The van der Waals surface area contributed by atoms with E-state index in [-0.39, 0.29) is 11.7 Å². The summed E-state index contributed by atoms with van der Waals surface area (Å²) in [7, 11) is 3.46. The van der Waals surface area contributed by atoms with Gasteiger partial charge < -0.3 is 15.2 Å². The maximum Gasteiger partial charge on any atom is 0.290 e. The number of aryl methyl sites for hydroxylation is 2. The van der Waals surface area contributed by atoms with Crippen molar-refractivity contribution in [3.05, 3.63) is 59.4 Å². The molecule has 2 amide bonds. The van der Waals surface area contributed by atoms with Crippen molar-refractivity contribution in [2.45, 2.75) is 32.4 Å². The van der Waals surface area contributed by atoms with E-state index >= 15 is 0 Å². The Morgan fingerprint density at radius 2 is 2.00 bits per heavy atom. The van der Waals surface area contributed by atoms with Gasteiger partial charge in [0, 0.05) is 19.8 Å². The van der Waals surface area contributed by atoms with E-state index in [1.54, 1.807) is 29.1 Å². The van der Waals surface area contributed by atoms with Crippen LogP contribution < -0.4 is 15.8 Å². The molecule has 33 heavy (non-hydrogen) atoms. The first-order valence-corrected chi connectivity index (χ1v) is 10.9. The molecule has 170 valence electrons. The van der Waals surface area contributed by atoms with Gasteiger partial charge in [0.25, 0.3) is 5.91 Å². The number of nitrogens with one attached hydrogen (secondary N) is 3. The van der Waals surface area contributed by atoms with Gasteiger partial charge in [-0.15, -0.1) is 10.6 Å². The van der Waals surface area contributed by atoms with Gasteiger partial charge in [-0.1, -0.05) is 30.3 Å². The third-order valence-corrected chi connectivity index (χ3v) is 5.98. The fourth-order valence-electron chi connectivity index (χ4n) is 4.31. The Labute approximate surface area is 191 Å². The second-order valence-corrected chi connectivity index (χ2v) is 8.41. The Morgan fingerprint density at radius 3 is 2.79 bits per heavy atom. The van der Waals surface area contributed by atoms with E-state index in [0.717, 1.165) is 33.7 Å². The highest BCUT2D eigenvalue weighted by molar-refractivity contribution is 6.38. The smallest absolute Gasteiger partial charge is 0.290 e. The molecule has 1 aromatic heterocycles. The zero-order valence-corrected chi connectivity index (χ0v) is 18.8. The minimum atomic E-state index is -0.651. The molecule has 1 atom stereocenters. The Balaban J connectivity index is 1.31. The summed E-state index contributed by atoms with van der Waals surface area (Å²) in [6.07, 6.45) is 1.16. The van der Waals surface area contributed by atoms with Crippen LogP contribution in [0, 0.1) is 6.92 Å². The van der Waals surface area contributed by atoms with Crippen LogP contribution in [0.1, 0.15) is 23.4 Å². The number of fused-ring (bicyclic) bond motifs is 2. The Hall–Kier alpha value is -3.92. The van der Waals surface area contributed by atoms with Crippen molar-refractivity contribution in [1.82, 2.24) is 30.9 Å². The van der Waals surface area contributed by atoms with Gasteiger partial charge in [0.2, 0.25) is 11.7 Å². The lowest BCUT2D eigenvalue weighted by Crippen LogP contribution is -2.51. The van der Waals surface area contributed by atoms with Gasteiger partial charge in [-0.05, 0) is 43.0 Å². The minimum Gasteiger partial charge on any atom is -0.342 e. The van der Waals surface area contributed by atoms with Crippen LogP contribution in [-0.2, 0) is 22.6 Å². The zero-order valence-electron chi connectivity index (χ0n) is 18.8. The topological polar surface area (TPSA) is 109 Å². The molecule has 0 spiro atoms. The quantitative estimate of drug-likeness (QED) is 0.560. The number of rotatable bonds is 4. The number of benzene rings is 2. The van der Waals surface area contributed by atoms with Crippen molar-refractivity contribution in [2.24, 2.45) is 5.10 Å². The predicted molar refractivity (Wildman–Crippen MR) is 125 cm³/mol. The monoisotopic (exact) mass is 446 g/mol. The number of carbonyl (C=O) groups is 2. The minimum absolute atomic E-state index is 0.163. The molecular weight excluding hydrogens is 420 g/mol. The van der Waals surface area contributed by atoms with E-state index in [0.29, 0.717) is 19.4 Å². The second kappa shape index (κ2) is 8.21. The van der Waals surface area contributed by atoms with Gasteiger partial charge in [-0.3, -0.25) is 14.6 Å². The number of anilines is 1. The van der Waals surface area contributed by atoms with Crippen LogP contribution in [0.3, 0.4) is 0 Å². The molecule has 0 saturated carbocycles. The Kier molecular flexibility index (Phi) is 5.21. The summed E-state index contributed by atoms with van der Waals surface area (Å²) in [5, 5.41) is 10.4. The number of hydrazone groups is 1. The number of amides is 2. The third-order valence-electron chi connectivity index (χ3n) is 5.98. The van der Waals surface area contributed by atoms with Crippen molar-refractivity contribution in [3.8, 4) is 0 Å². The summed E-state index contributed by atoms with van der Waals surface area (Å²) in [6, 6.07) is 13.2. The molecule has 2 aliphatic rings. The molecule has 2 aliphatic heterocycles. The number of nitrogens with zero attached hydrogens (tertiary/aromatic N) is 5. The van der Waals surface area contributed by atoms with E-state index in [9.17, 15) is 9.59 Å².